The van der Waals surface area contributed by atoms with Crippen LogP contribution < -0.4 is 10.5 Å². The maximum absolute atomic E-state index is 11.0. The number of nitrogens with zero attached hydrogens (tertiary/aromatic N) is 4. The molecule has 0 bridgehead atoms. The Morgan fingerprint density at radius 3 is 2.80 bits per heavy atom. The van der Waals surface area contributed by atoms with Crippen LogP contribution in [0.1, 0.15) is 30.1 Å². The van der Waals surface area contributed by atoms with Crippen LogP contribution in [0.4, 0.5) is 0 Å². The Morgan fingerprint density at radius 2 is 2.16 bits per heavy atom. The number of rotatable bonds is 6. The number of primary amides is 1. The number of halogens is 1. The van der Waals surface area contributed by atoms with Gasteiger partial charge in [-0.2, -0.15) is 0 Å². The summed E-state index contributed by atoms with van der Waals surface area (Å²) in [5.41, 5.74) is 6.13. The van der Waals surface area contributed by atoms with E-state index in [0.717, 1.165) is 43.9 Å². The summed E-state index contributed by atoms with van der Waals surface area (Å²) in [6, 6.07) is 5.42. The van der Waals surface area contributed by atoms with Crippen LogP contribution in [0.5, 0.6) is 5.75 Å². The molecule has 0 aliphatic carbocycles. The van der Waals surface area contributed by atoms with Gasteiger partial charge in [0.1, 0.15) is 17.9 Å². The highest BCUT2D eigenvalue weighted by molar-refractivity contribution is 6.30. The van der Waals surface area contributed by atoms with Crippen molar-refractivity contribution in [2.24, 2.45) is 12.8 Å². The van der Waals surface area contributed by atoms with Crippen molar-refractivity contribution >= 4 is 17.5 Å². The highest BCUT2D eigenvalue weighted by Gasteiger charge is 2.24. The minimum atomic E-state index is -0.495. The molecule has 0 unspecified atom stereocenters. The fourth-order valence-electron chi connectivity index (χ4n) is 3.21. The quantitative estimate of drug-likeness (QED) is 0.844. The predicted molar refractivity (Wildman–Crippen MR) is 94.4 cm³/mol. The number of aromatic nitrogens is 3. The van der Waals surface area contributed by atoms with Gasteiger partial charge in [0.25, 0.3) is 5.91 Å². The molecule has 1 amide bonds. The van der Waals surface area contributed by atoms with Gasteiger partial charge in [-0.25, -0.2) is 0 Å². The van der Waals surface area contributed by atoms with Crippen LogP contribution in [0.25, 0.3) is 0 Å². The molecule has 1 aliphatic heterocycles. The Bertz CT molecular complexity index is 740. The molecule has 7 nitrogen and oxygen atoms in total. The van der Waals surface area contributed by atoms with E-state index in [1.54, 1.807) is 18.5 Å². The zero-order valence-corrected chi connectivity index (χ0v) is 14.9. The monoisotopic (exact) mass is 363 g/mol. The van der Waals surface area contributed by atoms with E-state index >= 15 is 0 Å². The minimum absolute atomic E-state index is 0.136. The number of aryl methyl sites for hydroxylation is 1. The van der Waals surface area contributed by atoms with Gasteiger partial charge in [0.05, 0.1) is 0 Å². The Hall–Kier alpha value is -2.12. The number of carbonyl (C=O) groups excluding carboxylic acids is 1. The van der Waals surface area contributed by atoms with Gasteiger partial charge in [-0.05, 0) is 44.1 Å². The molecule has 0 spiro atoms. The van der Waals surface area contributed by atoms with Crippen LogP contribution in [0, 0.1) is 0 Å². The summed E-state index contributed by atoms with van der Waals surface area (Å²) >= 11 is 6.12. The number of carbonyl (C=O) groups is 1. The second-order valence-electron chi connectivity index (χ2n) is 6.36. The van der Waals surface area contributed by atoms with E-state index in [9.17, 15) is 4.79 Å². The Labute approximate surface area is 151 Å². The van der Waals surface area contributed by atoms with Crippen LogP contribution in [-0.2, 0) is 18.4 Å². The molecule has 1 aromatic heterocycles. The molecule has 25 heavy (non-hydrogen) atoms. The van der Waals surface area contributed by atoms with Crippen LogP contribution in [0.2, 0.25) is 5.02 Å². The van der Waals surface area contributed by atoms with Crippen LogP contribution in [0.3, 0.4) is 0 Å². The van der Waals surface area contributed by atoms with Crippen molar-refractivity contribution in [3.63, 3.8) is 0 Å². The lowest BCUT2D eigenvalue weighted by Crippen LogP contribution is -2.33. The van der Waals surface area contributed by atoms with Crippen molar-refractivity contribution in [3.8, 4) is 5.75 Å². The number of hydrogen-bond acceptors (Lipinski definition) is 5. The average Bonchev–Trinajstić information content (AvgIpc) is 3.01. The molecule has 0 atom stereocenters. The van der Waals surface area contributed by atoms with Gasteiger partial charge in [0.2, 0.25) is 0 Å². The average molecular weight is 364 g/mol. The van der Waals surface area contributed by atoms with E-state index < -0.39 is 5.91 Å². The van der Waals surface area contributed by atoms with Crippen LogP contribution in [0.15, 0.2) is 24.5 Å². The third-order valence-corrected chi connectivity index (χ3v) is 4.72. The highest BCUT2D eigenvalue weighted by atomic mass is 35.5. The summed E-state index contributed by atoms with van der Waals surface area (Å²) < 4.78 is 7.50. The molecular formula is C17H22ClN5O2. The summed E-state index contributed by atoms with van der Waals surface area (Å²) in [7, 11) is 1.98. The van der Waals surface area contributed by atoms with E-state index in [-0.39, 0.29) is 6.61 Å². The lowest BCUT2D eigenvalue weighted by molar-refractivity contribution is -0.119. The topological polar surface area (TPSA) is 86.3 Å². The largest absolute Gasteiger partial charge is 0.483 e. The standard InChI is InChI=1S/C17H22ClN5O2/c1-22-11-20-21-17(22)12-4-6-23(7-5-12)9-13-8-14(18)2-3-15(13)25-10-16(19)24/h2-3,8,11-12H,4-7,9-10H2,1H3,(H2,19,24). The SMILES string of the molecule is Cn1cnnc1C1CCN(Cc2cc(Cl)ccc2OCC(N)=O)CC1. The summed E-state index contributed by atoms with van der Waals surface area (Å²) in [4.78, 5) is 13.3. The number of benzene rings is 1. The van der Waals surface area contributed by atoms with E-state index in [2.05, 4.69) is 15.1 Å². The molecule has 134 valence electrons. The number of piperidine rings is 1. The Balaban J connectivity index is 1.62. The van der Waals surface area contributed by atoms with Gasteiger partial charge < -0.3 is 15.0 Å². The van der Waals surface area contributed by atoms with Gasteiger partial charge in [-0.1, -0.05) is 11.6 Å². The van der Waals surface area contributed by atoms with Gasteiger partial charge in [-0.15, -0.1) is 10.2 Å². The molecule has 1 saturated heterocycles. The van der Waals surface area contributed by atoms with Gasteiger partial charge >= 0.3 is 0 Å². The van der Waals surface area contributed by atoms with Gasteiger partial charge in [0.15, 0.2) is 6.61 Å². The number of ether oxygens (including phenoxy) is 1. The van der Waals surface area contributed by atoms with Crippen LogP contribution >= 0.6 is 11.6 Å². The smallest absolute Gasteiger partial charge is 0.255 e. The first-order valence-corrected chi connectivity index (χ1v) is 8.66. The molecule has 8 heteroatoms. The third kappa shape index (κ3) is 4.49. The molecule has 0 saturated carbocycles. The molecule has 0 radical (unpaired) electrons. The second kappa shape index (κ2) is 7.84. The molecule has 2 N–H and O–H groups in total. The number of nitrogens with two attached hydrogens (primary N) is 1. The molecule has 2 aromatic rings. The lowest BCUT2D eigenvalue weighted by atomic mass is 9.95. The van der Waals surface area contributed by atoms with E-state index in [1.807, 2.05) is 17.7 Å². The van der Waals surface area contributed by atoms with Gasteiger partial charge in [0, 0.05) is 30.1 Å². The van der Waals surface area contributed by atoms with Gasteiger partial charge in [-0.3, -0.25) is 9.69 Å². The summed E-state index contributed by atoms with van der Waals surface area (Å²) in [5, 5.41) is 8.85. The van der Waals surface area contributed by atoms with E-state index in [0.29, 0.717) is 16.7 Å². The maximum atomic E-state index is 11.0. The molecule has 1 aromatic carbocycles. The zero-order chi connectivity index (χ0) is 17.8. The zero-order valence-electron chi connectivity index (χ0n) is 14.2. The van der Waals surface area contributed by atoms with Crippen LogP contribution in [-0.4, -0.2) is 45.3 Å². The highest BCUT2D eigenvalue weighted by Crippen LogP contribution is 2.29. The number of likely N-dealkylation sites (tertiary alicyclic amines) is 1. The normalized spacial score (nSPS) is 16.1. The van der Waals surface area contributed by atoms with E-state index in [4.69, 9.17) is 22.1 Å². The molecular weight excluding hydrogens is 342 g/mol. The number of hydrogen-bond donors (Lipinski definition) is 1. The van der Waals surface area contributed by atoms with Crippen molar-refractivity contribution in [2.45, 2.75) is 25.3 Å². The van der Waals surface area contributed by atoms with Crippen molar-refractivity contribution in [3.05, 3.63) is 40.9 Å². The van der Waals surface area contributed by atoms with Crippen molar-refractivity contribution < 1.29 is 9.53 Å². The van der Waals surface area contributed by atoms with Crippen molar-refractivity contribution in [1.82, 2.24) is 19.7 Å². The summed E-state index contributed by atoms with van der Waals surface area (Å²) in [6.07, 6.45) is 3.81. The van der Waals surface area contributed by atoms with Crippen molar-refractivity contribution in [2.75, 3.05) is 19.7 Å². The molecule has 1 fully saturated rings. The first kappa shape index (κ1) is 17.7. The van der Waals surface area contributed by atoms with Crippen molar-refractivity contribution in [1.29, 1.82) is 0 Å². The molecule has 2 heterocycles. The Morgan fingerprint density at radius 1 is 1.40 bits per heavy atom. The minimum Gasteiger partial charge on any atom is -0.483 e. The van der Waals surface area contributed by atoms with E-state index in [1.165, 1.54) is 0 Å². The first-order chi connectivity index (χ1) is 12.0. The fourth-order valence-corrected chi connectivity index (χ4v) is 3.41. The Kier molecular flexibility index (Phi) is 5.55. The second-order valence-corrected chi connectivity index (χ2v) is 6.79. The number of amides is 1. The summed E-state index contributed by atoms with van der Waals surface area (Å²) in [6.45, 7) is 2.50. The molecule has 1 aliphatic rings. The third-order valence-electron chi connectivity index (χ3n) is 4.49. The predicted octanol–water partition coefficient (Wildman–Crippen LogP) is 1.71. The first-order valence-electron chi connectivity index (χ1n) is 8.28. The lowest BCUT2D eigenvalue weighted by Gasteiger charge is -2.31. The maximum Gasteiger partial charge on any atom is 0.255 e. The fraction of sp³-hybridized carbons (Fsp3) is 0.471. The summed E-state index contributed by atoms with van der Waals surface area (Å²) in [5.74, 6) is 1.64. The molecule has 3 rings (SSSR count).